The van der Waals surface area contributed by atoms with Crippen molar-refractivity contribution in [1.29, 1.82) is 0 Å². The first kappa shape index (κ1) is 14.3. The topological polar surface area (TPSA) is 48.4 Å². The lowest BCUT2D eigenvalue weighted by molar-refractivity contribution is 0.102. The van der Waals surface area contributed by atoms with E-state index in [2.05, 4.69) is 6.92 Å². The Bertz CT molecular complexity index is 307. The average molecular weight is 239 g/mol. The Hall–Kier alpha value is -0.800. The van der Waals surface area contributed by atoms with Gasteiger partial charge in [-0.1, -0.05) is 32.6 Å². The van der Waals surface area contributed by atoms with Gasteiger partial charge < -0.3 is 14.9 Å². The monoisotopic (exact) mass is 239 g/mol. The number of aryl methyl sites for hydroxylation is 1. The summed E-state index contributed by atoms with van der Waals surface area (Å²) >= 11 is 0. The Kier molecular flexibility index (Phi) is 6.97. The maximum Gasteiger partial charge on any atom is 0.130 e. The minimum atomic E-state index is 0.534. The molecule has 1 heterocycles. The zero-order valence-electron chi connectivity index (χ0n) is 11.1. The first-order chi connectivity index (χ1) is 8.27. The largest absolute Gasteiger partial charge is 0.464 e. The van der Waals surface area contributed by atoms with Crippen LogP contribution in [0.25, 0.3) is 0 Å². The molecule has 1 aromatic rings. The van der Waals surface area contributed by atoms with Crippen molar-refractivity contribution in [2.75, 3.05) is 6.61 Å². The van der Waals surface area contributed by atoms with Gasteiger partial charge in [0.05, 0.1) is 0 Å². The van der Waals surface area contributed by atoms with Gasteiger partial charge in [0.1, 0.15) is 18.1 Å². The third kappa shape index (κ3) is 5.37. The van der Waals surface area contributed by atoms with Crippen LogP contribution in [0.15, 0.2) is 10.5 Å². The number of furan rings is 1. The van der Waals surface area contributed by atoms with Crippen molar-refractivity contribution in [2.24, 2.45) is 5.73 Å². The van der Waals surface area contributed by atoms with Crippen molar-refractivity contribution in [2.45, 2.75) is 59.1 Å². The van der Waals surface area contributed by atoms with Crippen LogP contribution >= 0.6 is 0 Å². The molecule has 0 bridgehead atoms. The highest BCUT2D eigenvalue weighted by Gasteiger charge is 2.05. The van der Waals surface area contributed by atoms with E-state index in [1.54, 1.807) is 0 Å². The van der Waals surface area contributed by atoms with Gasteiger partial charge in [-0.05, 0) is 19.4 Å². The number of nitrogens with two attached hydrogens (primary N) is 1. The van der Waals surface area contributed by atoms with Gasteiger partial charge in [-0.2, -0.15) is 0 Å². The second kappa shape index (κ2) is 8.31. The minimum Gasteiger partial charge on any atom is -0.464 e. The van der Waals surface area contributed by atoms with E-state index in [4.69, 9.17) is 14.9 Å². The van der Waals surface area contributed by atoms with Gasteiger partial charge >= 0.3 is 0 Å². The van der Waals surface area contributed by atoms with Crippen molar-refractivity contribution in [3.63, 3.8) is 0 Å². The van der Waals surface area contributed by atoms with Crippen LogP contribution in [0.4, 0.5) is 0 Å². The molecular formula is C14H25NO2. The lowest BCUT2D eigenvalue weighted by Gasteiger charge is -2.01. The maximum atomic E-state index is 5.59. The molecule has 3 heteroatoms. The fraction of sp³-hybridized carbons (Fsp3) is 0.714. The summed E-state index contributed by atoms with van der Waals surface area (Å²) in [4.78, 5) is 0. The van der Waals surface area contributed by atoms with Crippen molar-refractivity contribution >= 4 is 0 Å². The zero-order chi connectivity index (χ0) is 12.5. The molecule has 1 rings (SSSR count). The SMILES string of the molecule is CCCCCCCOCc1cc(CN)c(C)o1. The normalized spacial score (nSPS) is 11.0. The van der Waals surface area contributed by atoms with Crippen LogP contribution in [-0.2, 0) is 17.9 Å². The molecule has 3 nitrogen and oxygen atoms in total. The first-order valence-electron chi connectivity index (χ1n) is 6.64. The Labute approximate surface area is 104 Å². The highest BCUT2D eigenvalue weighted by atomic mass is 16.5. The summed E-state index contributed by atoms with van der Waals surface area (Å²) in [5, 5.41) is 0. The molecule has 0 spiro atoms. The third-order valence-corrected chi connectivity index (χ3v) is 2.93. The molecule has 0 fully saturated rings. The van der Waals surface area contributed by atoms with Crippen molar-refractivity contribution in [1.82, 2.24) is 0 Å². The molecule has 17 heavy (non-hydrogen) atoms. The highest BCUT2D eigenvalue weighted by molar-refractivity contribution is 5.19. The number of unbranched alkanes of at least 4 members (excludes halogenated alkanes) is 4. The smallest absolute Gasteiger partial charge is 0.130 e. The molecule has 0 aliphatic heterocycles. The van der Waals surface area contributed by atoms with Gasteiger partial charge in [-0.3, -0.25) is 0 Å². The third-order valence-electron chi connectivity index (χ3n) is 2.93. The second-order valence-electron chi connectivity index (χ2n) is 4.47. The van der Waals surface area contributed by atoms with Crippen LogP contribution in [0.1, 0.15) is 56.1 Å². The molecule has 0 saturated carbocycles. The lowest BCUT2D eigenvalue weighted by atomic mass is 10.2. The van der Waals surface area contributed by atoms with Gasteiger partial charge in [-0.25, -0.2) is 0 Å². The van der Waals surface area contributed by atoms with E-state index in [9.17, 15) is 0 Å². The fourth-order valence-corrected chi connectivity index (χ4v) is 1.84. The molecular weight excluding hydrogens is 214 g/mol. The number of rotatable bonds is 9. The molecule has 0 radical (unpaired) electrons. The van der Waals surface area contributed by atoms with E-state index >= 15 is 0 Å². The van der Waals surface area contributed by atoms with Gasteiger partial charge in [-0.15, -0.1) is 0 Å². The predicted molar refractivity (Wildman–Crippen MR) is 69.8 cm³/mol. The molecule has 2 N–H and O–H groups in total. The summed E-state index contributed by atoms with van der Waals surface area (Å²) < 4.78 is 11.1. The van der Waals surface area contributed by atoms with E-state index < -0.39 is 0 Å². The van der Waals surface area contributed by atoms with Crippen LogP contribution in [0.5, 0.6) is 0 Å². The second-order valence-corrected chi connectivity index (χ2v) is 4.47. The van der Waals surface area contributed by atoms with Gasteiger partial charge in [0, 0.05) is 18.7 Å². The lowest BCUT2D eigenvalue weighted by Crippen LogP contribution is -1.96. The Morgan fingerprint density at radius 2 is 2.00 bits per heavy atom. The van der Waals surface area contributed by atoms with Gasteiger partial charge in [0.2, 0.25) is 0 Å². The number of hydrogen-bond donors (Lipinski definition) is 1. The van der Waals surface area contributed by atoms with Crippen molar-refractivity contribution < 1.29 is 9.15 Å². The van der Waals surface area contributed by atoms with Crippen LogP contribution in [0.3, 0.4) is 0 Å². The summed E-state index contributed by atoms with van der Waals surface area (Å²) in [5.74, 6) is 1.80. The Balaban J connectivity index is 2.09. The summed E-state index contributed by atoms with van der Waals surface area (Å²) in [6, 6.07) is 1.99. The highest BCUT2D eigenvalue weighted by Crippen LogP contribution is 2.15. The summed E-state index contributed by atoms with van der Waals surface area (Å²) in [7, 11) is 0. The van der Waals surface area contributed by atoms with E-state index in [1.807, 2.05) is 13.0 Å². The van der Waals surface area contributed by atoms with Crippen LogP contribution in [-0.4, -0.2) is 6.61 Å². The number of hydrogen-bond acceptors (Lipinski definition) is 3. The molecule has 0 aliphatic rings. The summed E-state index contributed by atoms with van der Waals surface area (Å²) in [6.45, 7) is 6.09. The molecule has 0 aromatic carbocycles. The van der Waals surface area contributed by atoms with Gasteiger partial charge in [0.15, 0.2) is 0 Å². The summed E-state index contributed by atoms with van der Waals surface area (Å²) in [5.41, 5.74) is 6.66. The number of ether oxygens (including phenoxy) is 1. The molecule has 0 unspecified atom stereocenters. The van der Waals surface area contributed by atoms with E-state index in [0.717, 1.165) is 30.1 Å². The standard InChI is InChI=1S/C14H25NO2/c1-3-4-5-6-7-8-16-11-14-9-13(10-15)12(2)17-14/h9H,3-8,10-11,15H2,1-2H3. The van der Waals surface area contributed by atoms with Crippen LogP contribution in [0, 0.1) is 6.92 Å². The summed E-state index contributed by atoms with van der Waals surface area (Å²) in [6.07, 6.45) is 6.34. The minimum absolute atomic E-state index is 0.534. The quantitative estimate of drug-likeness (QED) is 0.671. The van der Waals surface area contributed by atoms with Crippen LogP contribution < -0.4 is 5.73 Å². The Morgan fingerprint density at radius 3 is 2.65 bits per heavy atom. The first-order valence-corrected chi connectivity index (χ1v) is 6.64. The zero-order valence-corrected chi connectivity index (χ0v) is 11.1. The van der Waals surface area contributed by atoms with Crippen molar-refractivity contribution in [3.8, 4) is 0 Å². The maximum absolute atomic E-state index is 5.59. The molecule has 0 atom stereocenters. The van der Waals surface area contributed by atoms with Gasteiger partial charge in [0.25, 0.3) is 0 Å². The average Bonchev–Trinajstić information content (AvgIpc) is 2.68. The van der Waals surface area contributed by atoms with E-state index in [0.29, 0.717) is 13.2 Å². The van der Waals surface area contributed by atoms with E-state index in [1.165, 1.54) is 25.7 Å². The fourth-order valence-electron chi connectivity index (χ4n) is 1.84. The molecule has 1 aromatic heterocycles. The molecule has 0 aliphatic carbocycles. The molecule has 0 amide bonds. The van der Waals surface area contributed by atoms with E-state index in [-0.39, 0.29) is 0 Å². The Morgan fingerprint density at radius 1 is 1.24 bits per heavy atom. The molecule has 0 saturated heterocycles. The van der Waals surface area contributed by atoms with Crippen molar-refractivity contribution in [3.05, 3.63) is 23.2 Å². The predicted octanol–water partition coefficient (Wildman–Crippen LogP) is 3.53. The van der Waals surface area contributed by atoms with Crippen LogP contribution in [0.2, 0.25) is 0 Å². The molecule has 98 valence electrons.